The van der Waals surface area contributed by atoms with E-state index in [1.54, 1.807) is 17.5 Å². The van der Waals surface area contributed by atoms with E-state index in [-0.39, 0.29) is 5.57 Å². The molecule has 0 saturated heterocycles. The topological polar surface area (TPSA) is 113 Å². The maximum Gasteiger partial charge on any atom is 0.349 e. The van der Waals surface area contributed by atoms with Crippen molar-refractivity contribution in [2.45, 2.75) is 34.2 Å². The van der Waals surface area contributed by atoms with Crippen LogP contribution in [0.5, 0.6) is 0 Å². The highest BCUT2D eigenvalue weighted by Crippen LogP contribution is 2.20. The Balaban J connectivity index is 1.95. The summed E-state index contributed by atoms with van der Waals surface area (Å²) in [6.45, 7) is 8.31. The minimum Gasteiger partial charge on any atom is -0.451 e. The summed E-state index contributed by atoms with van der Waals surface area (Å²) in [7, 11) is 0. The van der Waals surface area contributed by atoms with Gasteiger partial charge in [-0.15, -0.1) is 11.3 Å². The van der Waals surface area contributed by atoms with Crippen molar-refractivity contribution in [3.8, 4) is 6.07 Å². The van der Waals surface area contributed by atoms with Crippen molar-refractivity contribution in [1.29, 1.82) is 5.26 Å². The molecule has 2 amide bonds. The molecule has 0 atom stereocenters. The SMILES string of the molecule is Cc1cc(C=C(C#N)C(=O)OCC(=O)NNC(=O)c2cccs2)c(C)n1CC(C)C. The molecule has 0 fully saturated rings. The van der Waals surface area contributed by atoms with Crippen molar-refractivity contribution < 1.29 is 19.1 Å². The molecule has 8 nitrogen and oxygen atoms in total. The zero-order valence-electron chi connectivity index (χ0n) is 17.3. The Labute approximate surface area is 179 Å². The fourth-order valence-electron chi connectivity index (χ4n) is 2.75. The minimum absolute atomic E-state index is 0.213. The molecule has 0 bridgehead atoms. The molecule has 2 aromatic heterocycles. The van der Waals surface area contributed by atoms with Crippen LogP contribution in [0.2, 0.25) is 0 Å². The van der Waals surface area contributed by atoms with Crippen molar-refractivity contribution in [3.63, 3.8) is 0 Å². The number of hydrogen-bond donors (Lipinski definition) is 2. The van der Waals surface area contributed by atoms with Crippen LogP contribution in [0.3, 0.4) is 0 Å². The third kappa shape index (κ3) is 6.06. The maximum absolute atomic E-state index is 12.2. The van der Waals surface area contributed by atoms with Crippen LogP contribution in [0.15, 0.2) is 29.2 Å². The first-order valence-corrected chi connectivity index (χ1v) is 10.2. The molecule has 0 unspecified atom stereocenters. The third-order valence-corrected chi connectivity index (χ3v) is 5.06. The van der Waals surface area contributed by atoms with Crippen molar-refractivity contribution in [2.24, 2.45) is 5.92 Å². The molecule has 2 rings (SSSR count). The van der Waals surface area contributed by atoms with Gasteiger partial charge in [-0.05, 0) is 48.9 Å². The Bertz CT molecular complexity index is 997. The van der Waals surface area contributed by atoms with E-state index in [1.165, 1.54) is 17.4 Å². The summed E-state index contributed by atoms with van der Waals surface area (Å²) in [4.78, 5) is 36.2. The van der Waals surface area contributed by atoms with Gasteiger partial charge in [0.05, 0.1) is 4.88 Å². The molecule has 0 aliphatic carbocycles. The van der Waals surface area contributed by atoms with Crippen LogP contribution >= 0.6 is 11.3 Å². The molecule has 2 N–H and O–H groups in total. The van der Waals surface area contributed by atoms with Crippen molar-refractivity contribution >= 4 is 35.2 Å². The van der Waals surface area contributed by atoms with E-state index in [4.69, 9.17) is 4.74 Å². The summed E-state index contributed by atoms with van der Waals surface area (Å²) >= 11 is 1.22. The maximum atomic E-state index is 12.2. The number of hydrogen-bond acceptors (Lipinski definition) is 6. The predicted molar refractivity (Wildman–Crippen MR) is 113 cm³/mol. The van der Waals surface area contributed by atoms with E-state index >= 15 is 0 Å². The van der Waals surface area contributed by atoms with Gasteiger partial charge in [0.15, 0.2) is 6.61 Å². The van der Waals surface area contributed by atoms with E-state index < -0.39 is 24.4 Å². The van der Waals surface area contributed by atoms with Crippen molar-refractivity contribution in [3.05, 3.63) is 51.0 Å². The minimum atomic E-state index is -0.911. The Morgan fingerprint density at radius 1 is 1.30 bits per heavy atom. The first-order valence-electron chi connectivity index (χ1n) is 9.31. The number of rotatable bonds is 7. The van der Waals surface area contributed by atoms with Crippen LogP contribution in [0.4, 0.5) is 0 Å². The Hall–Kier alpha value is -3.38. The number of carbonyl (C=O) groups is 3. The summed E-state index contributed by atoms with van der Waals surface area (Å²) in [6, 6.07) is 7.03. The van der Waals surface area contributed by atoms with Gasteiger partial charge in [0.1, 0.15) is 11.6 Å². The first-order chi connectivity index (χ1) is 14.2. The lowest BCUT2D eigenvalue weighted by Gasteiger charge is -2.12. The number of nitriles is 1. The molecule has 9 heteroatoms. The number of aromatic nitrogens is 1. The number of nitrogens with one attached hydrogen (secondary N) is 2. The quantitative estimate of drug-likeness (QED) is 0.305. The zero-order valence-corrected chi connectivity index (χ0v) is 18.1. The van der Waals surface area contributed by atoms with E-state index in [0.29, 0.717) is 10.8 Å². The van der Waals surface area contributed by atoms with Crippen LogP contribution in [-0.2, 0) is 20.9 Å². The molecular weight excluding hydrogens is 404 g/mol. The van der Waals surface area contributed by atoms with E-state index in [1.807, 2.05) is 26.0 Å². The van der Waals surface area contributed by atoms with Gasteiger partial charge in [-0.25, -0.2) is 4.79 Å². The average molecular weight is 429 g/mol. The number of aryl methyl sites for hydroxylation is 1. The Morgan fingerprint density at radius 2 is 2.03 bits per heavy atom. The second kappa shape index (κ2) is 10.4. The van der Waals surface area contributed by atoms with Crippen molar-refractivity contribution in [2.75, 3.05) is 6.61 Å². The van der Waals surface area contributed by atoms with Gasteiger partial charge >= 0.3 is 5.97 Å². The van der Waals surface area contributed by atoms with Crippen LogP contribution in [0.1, 0.15) is 40.5 Å². The molecule has 0 saturated carbocycles. The zero-order chi connectivity index (χ0) is 22.3. The summed E-state index contributed by atoms with van der Waals surface area (Å²) < 4.78 is 7.02. The number of carbonyl (C=O) groups excluding carboxylic acids is 3. The van der Waals surface area contributed by atoms with Crippen molar-refractivity contribution in [1.82, 2.24) is 15.4 Å². The fourth-order valence-corrected chi connectivity index (χ4v) is 3.37. The number of ether oxygens (including phenoxy) is 1. The molecule has 2 heterocycles. The summed E-state index contributed by atoms with van der Waals surface area (Å²) in [6.07, 6.45) is 1.46. The van der Waals surface area contributed by atoms with Crippen LogP contribution in [0, 0.1) is 31.1 Å². The lowest BCUT2D eigenvalue weighted by molar-refractivity contribution is -0.144. The normalized spacial score (nSPS) is 11.1. The lowest BCUT2D eigenvalue weighted by Crippen LogP contribution is -2.43. The van der Waals surface area contributed by atoms with Gasteiger partial charge in [-0.1, -0.05) is 19.9 Å². The molecule has 30 heavy (non-hydrogen) atoms. The number of nitrogens with zero attached hydrogens (tertiary/aromatic N) is 2. The average Bonchev–Trinajstić information content (AvgIpc) is 3.33. The Morgan fingerprint density at radius 3 is 2.63 bits per heavy atom. The third-order valence-electron chi connectivity index (χ3n) is 4.20. The molecule has 2 aromatic rings. The smallest absolute Gasteiger partial charge is 0.349 e. The van der Waals surface area contributed by atoms with Gasteiger partial charge in [0, 0.05) is 17.9 Å². The Kier molecular flexibility index (Phi) is 7.95. The van der Waals surface area contributed by atoms with Crippen LogP contribution in [-0.4, -0.2) is 29.0 Å². The van der Waals surface area contributed by atoms with E-state index in [0.717, 1.165) is 23.5 Å². The van der Waals surface area contributed by atoms with Crippen LogP contribution < -0.4 is 10.9 Å². The molecule has 0 spiro atoms. The fraction of sp³-hybridized carbons (Fsp3) is 0.333. The number of thiophene rings is 1. The summed E-state index contributed by atoms with van der Waals surface area (Å²) in [5.41, 5.74) is 6.88. The number of amides is 2. The van der Waals surface area contributed by atoms with Gasteiger partial charge in [0.25, 0.3) is 11.8 Å². The van der Waals surface area contributed by atoms with Gasteiger partial charge in [-0.2, -0.15) is 5.26 Å². The highest BCUT2D eigenvalue weighted by molar-refractivity contribution is 7.12. The highest BCUT2D eigenvalue weighted by atomic mass is 32.1. The standard InChI is InChI=1S/C21H24N4O4S/c1-13(2)11-25-14(3)8-16(15(25)4)9-17(10-22)21(28)29-12-19(26)23-24-20(27)18-6-5-7-30-18/h5-9,13H,11-12H2,1-4H3,(H,23,26)(H,24,27). The summed E-state index contributed by atoms with van der Waals surface area (Å²) in [5, 5.41) is 11.1. The lowest BCUT2D eigenvalue weighted by atomic mass is 10.1. The molecule has 0 aromatic carbocycles. The highest BCUT2D eigenvalue weighted by Gasteiger charge is 2.16. The molecule has 0 aliphatic heterocycles. The molecule has 0 aliphatic rings. The molecular formula is C21H24N4O4S. The monoisotopic (exact) mass is 428 g/mol. The second-order valence-corrected chi connectivity index (χ2v) is 8.00. The van der Waals surface area contributed by atoms with Gasteiger partial charge in [0.2, 0.25) is 0 Å². The van der Waals surface area contributed by atoms with Crippen LogP contribution in [0.25, 0.3) is 6.08 Å². The summed E-state index contributed by atoms with van der Waals surface area (Å²) in [5.74, 6) is -1.66. The molecule has 0 radical (unpaired) electrons. The first kappa shape index (κ1) is 22.9. The van der Waals surface area contributed by atoms with Gasteiger partial charge in [-0.3, -0.25) is 20.4 Å². The largest absolute Gasteiger partial charge is 0.451 e. The predicted octanol–water partition coefficient (Wildman–Crippen LogP) is 2.73. The number of esters is 1. The van der Waals surface area contributed by atoms with E-state index in [2.05, 4.69) is 29.3 Å². The van der Waals surface area contributed by atoms with Gasteiger partial charge < -0.3 is 9.30 Å². The number of hydrazine groups is 1. The molecule has 158 valence electrons. The second-order valence-electron chi connectivity index (χ2n) is 7.06. The van der Waals surface area contributed by atoms with E-state index in [9.17, 15) is 19.6 Å².